The molecule has 4 rings (SSSR count). The molecule has 0 bridgehead atoms. The maximum Gasteiger partial charge on any atom is 0.255 e. The number of hydrogen-bond acceptors (Lipinski definition) is 4. The van der Waals surface area contributed by atoms with Crippen molar-refractivity contribution < 1.29 is 18.7 Å². The van der Waals surface area contributed by atoms with Crippen LogP contribution in [0.4, 0.5) is 0 Å². The number of carbonyl (C=O) groups excluding carboxylic acids is 1. The van der Waals surface area contributed by atoms with Gasteiger partial charge in [-0.1, -0.05) is 30.3 Å². The lowest BCUT2D eigenvalue weighted by Gasteiger charge is -2.10. The summed E-state index contributed by atoms with van der Waals surface area (Å²) < 4.78 is 17.0. The summed E-state index contributed by atoms with van der Waals surface area (Å²) >= 11 is 0. The molecule has 1 amide bonds. The second-order valence-electron chi connectivity index (χ2n) is 6.50. The van der Waals surface area contributed by atoms with Gasteiger partial charge in [-0.2, -0.15) is 0 Å². The number of hydrogen-bond donors (Lipinski definition) is 1. The quantitative estimate of drug-likeness (QED) is 0.759. The zero-order valence-electron chi connectivity index (χ0n) is 14.7. The molecule has 1 atom stereocenters. The number of carbonyl (C=O) groups is 1. The van der Waals surface area contributed by atoms with Crippen molar-refractivity contribution in [2.75, 3.05) is 13.2 Å². The SMILES string of the molecule is Cc1oc2ccc(OCc3ccccc3)cc2c1C(=O)NC1CCOC1. The predicted octanol–water partition coefficient (Wildman–Crippen LogP) is 3.84. The van der Waals surface area contributed by atoms with Crippen molar-refractivity contribution in [3.8, 4) is 5.75 Å². The first-order valence-electron chi connectivity index (χ1n) is 8.79. The lowest BCUT2D eigenvalue weighted by molar-refractivity contribution is 0.0930. The highest BCUT2D eigenvalue weighted by Gasteiger charge is 2.23. The number of nitrogens with one attached hydrogen (secondary N) is 1. The number of ether oxygens (including phenoxy) is 2. The minimum Gasteiger partial charge on any atom is -0.489 e. The molecule has 3 aromatic rings. The van der Waals surface area contributed by atoms with Crippen LogP contribution in [-0.2, 0) is 11.3 Å². The Morgan fingerprint density at radius 2 is 2.08 bits per heavy atom. The number of aryl methyl sites for hydroxylation is 1. The summed E-state index contributed by atoms with van der Waals surface area (Å²) in [6.45, 7) is 3.54. The smallest absolute Gasteiger partial charge is 0.255 e. The van der Waals surface area contributed by atoms with Crippen LogP contribution in [0.1, 0.15) is 28.1 Å². The number of furan rings is 1. The maximum atomic E-state index is 12.7. The van der Waals surface area contributed by atoms with Crippen LogP contribution in [0.2, 0.25) is 0 Å². The molecule has 0 spiro atoms. The topological polar surface area (TPSA) is 60.7 Å². The first kappa shape index (κ1) is 16.7. The van der Waals surface area contributed by atoms with E-state index in [1.807, 2.05) is 55.5 Å². The third-order valence-corrected chi connectivity index (χ3v) is 4.58. The van der Waals surface area contributed by atoms with Gasteiger partial charge in [0.25, 0.3) is 5.91 Å². The third-order valence-electron chi connectivity index (χ3n) is 4.58. The second-order valence-corrected chi connectivity index (χ2v) is 6.50. The summed E-state index contributed by atoms with van der Waals surface area (Å²) in [6.07, 6.45) is 0.839. The van der Waals surface area contributed by atoms with E-state index >= 15 is 0 Å². The van der Waals surface area contributed by atoms with Crippen LogP contribution in [0.15, 0.2) is 52.9 Å². The molecule has 0 aliphatic carbocycles. The maximum absolute atomic E-state index is 12.7. The Morgan fingerprint density at radius 1 is 1.23 bits per heavy atom. The fraction of sp³-hybridized carbons (Fsp3) is 0.286. The number of benzene rings is 2. The van der Waals surface area contributed by atoms with Gasteiger partial charge in [-0.15, -0.1) is 0 Å². The molecule has 2 heterocycles. The zero-order valence-corrected chi connectivity index (χ0v) is 14.7. The van der Waals surface area contributed by atoms with Crippen molar-refractivity contribution in [1.29, 1.82) is 0 Å². The Morgan fingerprint density at radius 3 is 2.85 bits per heavy atom. The largest absolute Gasteiger partial charge is 0.489 e. The fourth-order valence-corrected chi connectivity index (χ4v) is 3.22. The Hall–Kier alpha value is -2.79. The minimum absolute atomic E-state index is 0.0596. The Labute approximate surface area is 151 Å². The molecule has 1 saturated heterocycles. The van der Waals surface area contributed by atoms with Crippen molar-refractivity contribution in [3.05, 3.63) is 65.4 Å². The van der Waals surface area contributed by atoms with Gasteiger partial charge < -0.3 is 19.2 Å². The summed E-state index contributed by atoms with van der Waals surface area (Å²) in [6, 6.07) is 15.6. The molecule has 1 unspecified atom stereocenters. The van der Waals surface area contributed by atoms with E-state index in [-0.39, 0.29) is 11.9 Å². The highest BCUT2D eigenvalue weighted by molar-refractivity contribution is 6.07. The van der Waals surface area contributed by atoms with E-state index in [1.54, 1.807) is 0 Å². The van der Waals surface area contributed by atoms with Gasteiger partial charge in [0.2, 0.25) is 0 Å². The van der Waals surface area contributed by atoms with Crippen LogP contribution >= 0.6 is 0 Å². The van der Waals surface area contributed by atoms with E-state index in [9.17, 15) is 4.79 Å². The number of fused-ring (bicyclic) bond motifs is 1. The summed E-state index contributed by atoms with van der Waals surface area (Å²) in [5.74, 6) is 1.19. The Kier molecular flexibility index (Phi) is 4.63. The first-order chi connectivity index (χ1) is 12.7. The highest BCUT2D eigenvalue weighted by atomic mass is 16.5. The normalized spacial score (nSPS) is 16.7. The Bertz CT molecular complexity index is 910. The number of rotatable bonds is 5. The van der Waals surface area contributed by atoms with Crippen LogP contribution in [-0.4, -0.2) is 25.2 Å². The molecule has 5 heteroatoms. The zero-order chi connectivity index (χ0) is 17.9. The molecule has 1 fully saturated rings. The molecule has 1 N–H and O–H groups in total. The number of amides is 1. The summed E-state index contributed by atoms with van der Waals surface area (Å²) in [7, 11) is 0. The lowest BCUT2D eigenvalue weighted by Crippen LogP contribution is -2.35. The average molecular weight is 351 g/mol. The van der Waals surface area contributed by atoms with E-state index in [0.717, 1.165) is 17.4 Å². The van der Waals surface area contributed by atoms with E-state index in [1.165, 1.54) is 0 Å². The fourth-order valence-electron chi connectivity index (χ4n) is 3.22. The van der Waals surface area contributed by atoms with Crippen molar-refractivity contribution in [2.24, 2.45) is 0 Å². The van der Waals surface area contributed by atoms with Crippen LogP contribution in [0.25, 0.3) is 11.0 Å². The summed E-state index contributed by atoms with van der Waals surface area (Å²) in [5.41, 5.74) is 2.34. The standard InChI is InChI=1S/C21H21NO4/c1-14-20(21(23)22-16-9-10-24-13-16)18-11-17(7-8-19(18)26-14)25-12-15-5-3-2-4-6-15/h2-8,11,16H,9-10,12-13H2,1H3,(H,22,23). The molecular weight excluding hydrogens is 330 g/mol. The van der Waals surface area contributed by atoms with E-state index < -0.39 is 0 Å². The van der Waals surface area contributed by atoms with Crippen molar-refractivity contribution in [2.45, 2.75) is 26.0 Å². The third kappa shape index (κ3) is 3.44. The van der Waals surface area contributed by atoms with Gasteiger partial charge in [0, 0.05) is 12.0 Å². The summed E-state index contributed by atoms with van der Waals surface area (Å²) in [5, 5.41) is 3.79. The molecular formula is C21H21NO4. The molecule has 26 heavy (non-hydrogen) atoms. The van der Waals surface area contributed by atoms with Crippen LogP contribution in [0, 0.1) is 6.92 Å². The average Bonchev–Trinajstić information content (AvgIpc) is 3.27. The van der Waals surface area contributed by atoms with Gasteiger partial charge in [-0.25, -0.2) is 0 Å². The van der Waals surface area contributed by atoms with Crippen molar-refractivity contribution >= 4 is 16.9 Å². The highest BCUT2D eigenvalue weighted by Crippen LogP contribution is 2.29. The molecule has 1 aliphatic rings. The molecule has 5 nitrogen and oxygen atoms in total. The second kappa shape index (κ2) is 7.22. The van der Waals surface area contributed by atoms with Gasteiger partial charge in [-0.05, 0) is 37.1 Å². The predicted molar refractivity (Wildman–Crippen MR) is 98.4 cm³/mol. The van der Waals surface area contributed by atoms with E-state index in [4.69, 9.17) is 13.9 Å². The molecule has 1 aliphatic heterocycles. The van der Waals surface area contributed by atoms with E-state index in [2.05, 4.69) is 5.32 Å². The Balaban J connectivity index is 1.57. The molecule has 0 saturated carbocycles. The van der Waals surface area contributed by atoms with Gasteiger partial charge >= 0.3 is 0 Å². The van der Waals surface area contributed by atoms with Crippen LogP contribution in [0.5, 0.6) is 5.75 Å². The monoisotopic (exact) mass is 351 g/mol. The molecule has 2 aromatic carbocycles. The summed E-state index contributed by atoms with van der Waals surface area (Å²) in [4.78, 5) is 12.7. The van der Waals surface area contributed by atoms with Crippen LogP contribution in [0.3, 0.4) is 0 Å². The molecule has 134 valence electrons. The van der Waals surface area contributed by atoms with Gasteiger partial charge in [0.1, 0.15) is 23.7 Å². The van der Waals surface area contributed by atoms with Crippen LogP contribution < -0.4 is 10.1 Å². The van der Waals surface area contributed by atoms with Gasteiger partial charge in [0.15, 0.2) is 0 Å². The van der Waals surface area contributed by atoms with Gasteiger partial charge in [0.05, 0.1) is 18.2 Å². The minimum atomic E-state index is -0.128. The lowest BCUT2D eigenvalue weighted by atomic mass is 10.1. The first-order valence-corrected chi connectivity index (χ1v) is 8.79. The molecule has 1 aromatic heterocycles. The van der Waals surface area contributed by atoms with E-state index in [0.29, 0.717) is 42.5 Å². The van der Waals surface area contributed by atoms with Gasteiger partial charge in [-0.3, -0.25) is 4.79 Å². The molecule has 0 radical (unpaired) electrons. The van der Waals surface area contributed by atoms with Crippen molar-refractivity contribution in [1.82, 2.24) is 5.32 Å². The van der Waals surface area contributed by atoms with Crippen molar-refractivity contribution in [3.63, 3.8) is 0 Å².